The molecule has 0 radical (unpaired) electrons. The van der Waals surface area contributed by atoms with Crippen molar-refractivity contribution in [3.63, 3.8) is 0 Å². The molecule has 2 amide bonds. The quantitative estimate of drug-likeness (QED) is 0.471. The largest absolute Gasteiger partial charge is 0.444 e. The predicted molar refractivity (Wildman–Crippen MR) is 128 cm³/mol. The Morgan fingerprint density at radius 1 is 0.974 bits per heavy atom. The van der Waals surface area contributed by atoms with E-state index in [2.05, 4.69) is 15.6 Å². The van der Waals surface area contributed by atoms with Gasteiger partial charge in [0.15, 0.2) is 5.78 Å². The van der Waals surface area contributed by atoms with Crippen molar-refractivity contribution in [1.29, 1.82) is 0 Å². The Hall–Kier alpha value is -3.57. The molecule has 7 nitrogen and oxygen atoms in total. The first-order chi connectivity index (χ1) is 17.2. The van der Waals surface area contributed by atoms with Crippen LogP contribution in [-0.4, -0.2) is 39.9 Å². The Kier molecular flexibility index (Phi) is 9.23. The molecule has 0 saturated carbocycles. The molecule has 1 heterocycles. The van der Waals surface area contributed by atoms with Gasteiger partial charge in [0.25, 0.3) is 5.91 Å². The summed E-state index contributed by atoms with van der Waals surface area (Å²) in [6.07, 6.45) is -7.29. The van der Waals surface area contributed by atoms with Gasteiger partial charge in [-0.2, -0.15) is 13.2 Å². The van der Waals surface area contributed by atoms with E-state index in [1.54, 1.807) is 41.5 Å². The highest BCUT2D eigenvalue weighted by atomic mass is 19.4. The molecule has 1 unspecified atom stereocenters. The summed E-state index contributed by atoms with van der Waals surface area (Å²) in [4.78, 5) is 42.0. The smallest absolute Gasteiger partial charge is 0.433 e. The molecule has 2 aromatic rings. The number of pyridine rings is 1. The van der Waals surface area contributed by atoms with Crippen molar-refractivity contribution in [3.8, 4) is 0 Å². The van der Waals surface area contributed by atoms with E-state index in [9.17, 15) is 36.3 Å². The molecule has 0 aliphatic rings. The second-order valence-electron chi connectivity index (χ2n) is 10.7. The second kappa shape index (κ2) is 11.4. The van der Waals surface area contributed by atoms with E-state index < -0.39 is 77.0 Å². The molecule has 208 valence electrons. The molecule has 1 aromatic carbocycles. The lowest BCUT2D eigenvalue weighted by atomic mass is 9.97. The van der Waals surface area contributed by atoms with Crippen LogP contribution in [0.2, 0.25) is 0 Å². The molecular weight excluding hydrogens is 513 g/mol. The summed E-state index contributed by atoms with van der Waals surface area (Å²) in [6, 6.07) is 2.51. The van der Waals surface area contributed by atoms with E-state index in [4.69, 9.17) is 4.74 Å². The highest BCUT2D eigenvalue weighted by molar-refractivity contribution is 5.98. The number of carbonyl (C=O) groups is 3. The summed E-state index contributed by atoms with van der Waals surface area (Å²) in [7, 11) is 0. The summed E-state index contributed by atoms with van der Waals surface area (Å²) in [5, 5.41) is 4.87. The number of ketones is 1. The molecule has 38 heavy (non-hydrogen) atoms. The lowest BCUT2D eigenvalue weighted by molar-refractivity contribution is -0.141. The number of alkyl halides is 3. The standard InChI is InChI=1S/C26H30F5N3O4/c1-24(2,3)34-22(36)16-8-10-21(26(29,30)31)32-18(16)13-20(35)19(33-23(37)38-25(4,5)6)12-14-11-15(27)7-9-17(14)28/h7-11,19H,12-13H2,1-6H3,(H,33,37)(H,34,36). The average molecular weight is 544 g/mol. The van der Waals surface area contributed by atoms with Crippen LogP contribution in [0.1, 0.15) is 68.9 Å². The minimum Gasteiger partial charge on any atom is -0.444 e. The normalized spacial score (nSPS) is 13.0. The number of rotatable bonds is 7. The van der Waals surface area contributed by atoms with E-state index in [0.717, 1.165) is 24.3 Å². The minimum absolute atomic E-state index is 0.262. The Bertz CT molecular complexity index is 1200. The highest BCUT2D eigenvalue weighted by Gasteiger charge is 2.35. The van der Waals surface area contributed by atoms with Gasteiger partial charge in [-0.05, 0) is 77.4 Å². The van der Waals surface area contributed by atoms with Gasteiger partial charge in [-0.15, -0.1) is 0 Å². The van der Waals surface area contributed by atoms with Gasteiger partial charge in [-0.3, -0.25) is 9.59 Å². The molecule has 0 bridgehead atoms. The minimum atomic E-state index is -4.87. The Labute approximate surface area is 217 Å². The summed E-state index contributed by atoms with van der Waals surface area (Å²) >= 11 is 0. The molecule has 0 fully saturated rings. The zero-order chi connectivity index (χ0) is 29.1. The third kappa shape index (κ3) is 9.38. The number of hydrogen-bond acceptors (Lipinski definition) is 5. The van der Waals surface area contributed by atoms with Crippen molar-refractivity contribution in [2.75, 3.05) is 0 Å². The van der Waals surface area contributed by atoms with Crippen molar-refractivity contribution in [2.45, 2.75) is 77.7 Å². The maximum absolute atomic E-state index is 14.3. The van der Waals surface area contributed by atoms with E-state index in [-0.39, 0.29) is 11.1 Å². The number of benzene rings is 1. The van der Waals surface area contributed by atoms with Crippen LogP contribution in [0.3, 0.4) is 0 Å². The average Bonchev–Trinajstić information content (AvgIpc) is 2.72. The van der Waals surface area contributed by atoms with Crippen LogP contribution in [0.4, 0.5) is 26.7 Å². The Morgan fingerprint density at radius 2 is 1.61 bits per heavy atom. The van der Waals surface area contributed by atoms with Gasteiger partial charge in [-0.25, -0.2) is 18.6 Å². The molecule has 2 N–H and O–H groups in total. The first-order valence-electron chi connectivity index (χ1n) is 11.6. The van der Waals surface area contributed by atoms with Crippen molar-refractivity contribution in [1.82, 2.24) is 15.6 Å². The monoisotopic (exact) mass is 543 g/mol. The van der Waals surface area contributed by atoms with E-state index in [1.165, 1.54) is 0 Å². The zero-order valence-electron chi connectivity index (χ0n) is 21.8. The lowest BCUT2D eigenvalue weighted by Crippen LogP contribution is -2.46. The number of alkyl carbamates (subject to hydrolysis) is 1. The topological polar surface area (TPSA) is 97.4 Å². The number of halogens is 5. The number of nitrogens with zero attached hydrogens (tertiary/aromatic N) is 1. The molecule has 0 aliphatic carbocycles. The summed E-state index contributed by atoms with van der Waals surface area (Å²) in [5.41, 5.74) is -4.10. The third-order valence-electron chi connectivity index (χ3n) is 4.85. The van der Waals surface area contributed by atoms with Crippen molar-refractivity contribution >= 4 is 17.8 Å². The maximum atomic E-state index is 14.3. The van der Waals surface area contributed by atoms with Gasteiger partial charge < -0.3 is 15.4 Å². The highest BCUT2D eigenvalue weighted by Crippen LogP contribution is 2.29. The SMILES string of the molecule is CC(C)(C)NC(=O)c1ccc(C(F)(F)F)nc1CC(=O)C(Cc1cc(F)ccc1F)NC(=O)OC(C)(C)C. The number of aromatic nitrogens is 1. The lowest BCUT2D eigenvalue weighted by Gasteiger charge is -2.24. The number of amides is 2. The molecule has 0 spiro atoms. The van der Waals surface area contributed by atoms with Gasteiger partial charge >= 0.3 is 12.3 Å². The van der Waals surface area contributed by atoms with Crippen LogP contribution in [0.15, 0.2) is 30.3 Å². The van der Waals surface area contributed by atoms with Crippen molar-refractivity contribution < 1.29 is 41.1 Å². The Morgan fingerprint density at radius 3 is 2.16 bits per heavy atom. The van der Waals surface area contributed by atoms with Crippen LogP contribution < -0.4 is 10.6 Å². The fraction of sp³-hybridized carbons (Fsp3) is 0.462. The number of hydrogen-bond donors (Lipinski definition) is 2. The summed E-state index contributed by atoms with van der Waals surface area (Å²) < 4.78 is 73.3. The fourth-order valence-corrected chi connectivity index (χ4v) is 3.31. The van der Waals surface area contributed by atoms with Gasteiger partial charge in [0, 0.05) is 12.0 Å². The van der Waals surface area contributed by atoms with E-state index >= 15 is 0 Å². The number of Topliss-reactive ketones (excluding diaryl/α,β-unsaturated/α-hetero) is 1. The first kappa shape index (κ1) is 30.7. The molecule has 2 rings (SSSR count). The van der Waals surface area contributed by atoms with Crippen molar-refractivity contribution in [3.05, 3.63) is 64.5 Å². The van der Waals surface area contributed by atoms with Gasteiger partial charge in [0.05, 0.1) is 23.7 Å². The first-order valence-corrected chi connectivity index (χ1v) is 11.6. The molecule has 1 atom stereocenters. The molecule has 12 heteroatoms. The van der Waals surface area contributed by atoms with Crippen LogP contribution in [-0.2, 0) is 28.5 Å². The molecule has 0 aliphatic heterocycles. The van der Waals surface area contributed by atoms with E-state index in [1.807, 2.05) is 0 Å². The van der Waals surface area contributed by atoms with Gasteiger partial charge in [-0.1, -0.05) is 0 Å². The Balaban J connectivity index is 2.49. The summed E-state index contributed by atoms with van der Waals surface area (Å²) in [5.74, 6) is -3.34. The zero-order valence-corrected chi connectivity index (χ0v) is 21.8. The van der Waals surface area contributed by atoms with Crippen LogP contribution in [0, 0.1) is 11.6 Å². The van der Waals surface area contributed by atoms with Crippen LogP contribution in [0.25, 0.3) is 0 Å². The fourth-order valence-electron chi connectivity index (χ4n) is 3.31. The second-order valence-corrected chi connectivity index (χ2v) is 10.7. The number of carbonyl (C=O) groups excluding carboxylic acids is 3. The molecule has 1 aromatic heterocycles. The van der Waals surface area contributed by atoms with Crippen LogP contribution in [0.5, 0.6) is 0 Å². The van der Waals surface area contributed by atoms with E-state index in [0.29, 0.717) is 6.07 Å². The maximum Gasteiger partial charge on any atom is 0.433 e. The predicted octanol–water partition coefficient (Wildman–Crippen LogP) is 5.15. The third-order valence-corrected chi connectivity index (χ3v) is 4.85. The molecular formula is C26H30F5N3O4. The molecule has 0 saturated heterocycles. The van der Waals surface area contributed by atoms with Gasteiger partial charge in [0.1, 0.15) is 22.9 Å². The number of ether oxygens (including phenoxy) is 1. The summed E-state index contributed by atoms with van der Waals surface area (Å²) in [6.45, 7) is 9.64. The van der Waals surface area contributed by atoms with Crippen molar-refractivity contribution in [2.24, 2.45) is 0 Å². The number of nitrogens with one attached hydrogen (secondary N) is 2. The van der Waals surface area contributed by atoms with Gasteiger partial charge in [0.2, 0.25) is 0 Å². The van der Waals surface area contributed by atoms with Crippen LogP contribution >= 0.6 is 0 Å².